The Kier molecular flexibility index (Phi) is 7.03. The van der Waals surface area contributed by atoms with Crippen LogP contribution in [0, 0.1) is 13.8 Å². The van der Waals surface area contributed by atoms with E-state index in [-0.39, 0.29) is 6.04 Å². The lowest BCUT2D eigenvalue weighted by molar-refractivity contribution is 0.132. The van der Waals surface area contributed by atoms with E-state index < -0.39 is 6.10 Å². The summed E-state index contributed by atoms with van der Waals surface area (Å²) in [7, 11) is 1.66. The highest BCUT2D eigenvalue weighted by Gasteiger charge is 2.21. The van der Waals surface area contributed by atoms with Crippen molar-refractivity contribution < 1.29 is 9.84 Å². The number of ether oxygens (including phenoxy) is 1. The number of unbranched alkanes of at least 4 members (excludes halogenated alkanes) is 2. The first-order chi connectivity index (χ1) is 9.51. The van der Waals surface area contributed by atoms with E-state index in [2.05, 4.69) is 18.3 Å². The lowest BCUT2D eigenvalue weighted by Crippen LogP contribution is -2.33. The Balaban J connectivity index is 2.77. The van der Waals surface area contributed by atoms with Gasteiger partial charge >= 0.3 is 0 Å². The molecular formula is C17H29NO2. The molecule has 0 saturated heterocycles. The number of hydrogen-bond donors (Lipinski definition) is 2. The van der Waals surface area contributed by atoms with Crippen molar-refractivity contribution in [3.05, 3.63) is 28.8 Å². The van der Waals surface area contributed by atoms with Crippen molar-refractivity contribution in [2.45, 2.75) is 59.1 Å². The van der Waals surface area contributed by atoms with Crippen molar-refractivity contribution in [2.24, 2.45) is 0 Å². The van der Waals surface area contributed by atoms with E-state index in [0.717, 1.165) is 35.4 Å². The maximum atomic E-state index is 10.6. The fourth-order valence-electron chi connectivity index (χ4n) is 2.57. The molecule has 0 aliphatic heterocycles. The van der Waals surface area contributed by atoms with E-state index >= 15 is 0 Å². The summed E-state index contributed by atoms with van der Waals surface area (Å²) in [6.45, 7) is 9.22. The van der Waals surface area contributed by atoms with Crippen molar-refractivity contribution in [1.29, 1.82) is 0 Å². The quantitative estimate of drug-likeness (QED) is 0.715. The second-order valence-electron chi connectivity index (χ2n) is 5.60. The minimum Gasteiger partial charge on any atom is -0.496 e. The van der Waals surface area contributed by atoms with Gasteiger partial charge in [0.25, 0.3) is 0 Å². The number of rotatable bonds is 8. The molecule has 3 heteroatoms. The Morgan fingerprint density at radius 3 is 2.55 bits per heavy atom. The average molecular weight is 279 g/mol. The zero-order valence-corrected chi connectivity index (χ0v) is 13.5. The largest absolute Gasteiger partial charge is 0.496 e. The summed E-state index contributed by atoms with van der Waals surface area (Å²) in [5, 5.41) is 14.0. The second kappa shape index (κ2) is 8.28. The number of aryl methyl sites for hydroxylation is 2. The Labute approximate surface area is 123 Å². The summed E-state index contributed by atoms with van der Waals surface area (Å²) >= 11 is 0. The van der Waals surface area contributed by atoms with Gasteiger partial charge in [-0.05, 0) is 45.4 Å². The van der Waals surface area contributed by atoms with E-state index in [1.165, 1.54) is 12.8 Å². The Hall–Kier alpha value is -1.06. The highest BCUT2D eigenvalue weighted by atomic mass is 16.5. The number of methoxy groups -OCH3 is 1. The average Bonchev–Trinajstić information content (AvgIpc) is 2.41. The molecule has 0 saturated carbocycles. The van der Waals surface area contributed by atoms with Gasteiger partial charge < -0.3 is 15.2 Å². The van der Waals surface area contributed by atoms with Gasteiger partial charge in [0.15, 0.2) is 0 Å². The molecule has 0 aromatic heterocycles. The van der Waals surface area contributed by atoms with E-state index in [1.807, 2.05) is 26.8 Å². The normalized spacial score (nSPS) is 14.1. The van der Waals surface area contributed by atoms with Gasteiger partial charge in [-0.1, -0.05) is 31.4 Å². The van der Waals surface area contributed by atoms with Crippen molar-refractivity contribution in [2.75, 3.05) is 13.7 Å². The van der Waals surface area contributed by atoms with Crippen LogP contribution in [-0.2, 0) is 0 Å². The molecule has 20 heavy (non-hydrogen) atoms. The minimum atomic E-state index is -0.551. The molecule has 1 rings (SSSR count). The molecule has 0 radical (unpaired) electrons. The van der Waals surface area contributed by atoms with E-state index in [4.69, 9.17) is 4.74 Å². The summed E-state index contributed by atoms with van der Waals surface area (Å²) < 4.78 is 5.46. The number of aliphatic hydroxyl groups is 1. The van der Waals surface area contributed by atoms with Crippen LogP contribution >= 0.6 is 0 Å². The van der Waals surface area contributed by atoms with Crippen molar-refractivity contribution >= 4 is 0 Å². The van der Waals surface area contributed by atoms with Gasteiger partial charge in [-0.3, -0.25) is 0 Å². The van der Waals surface area contributed by atoms with Crippen LogP contribution in [0.1, 0.15) is 55.9 Å². The molecule has 0 bridgehead atoms. The van der Waals surface area contributed by atoms with Gasteiger partial charge in [0, 0.05) is 11.6 Å². The molecule has 2 N–H and O–H groups in total. The van der Waals surface area contributed by atoms with Gasteiger partial charge in [-0.15, -0.1) is 0 Å². The van der Waals surface area contributed by atoms with Gasteiger partial charge in [-0.2, -0.15) is 0 Å². The molecule has 3 nitrogen and oxygen atoms in total. The zero-order valence-electron chi connectivity index (χ0n) is 13.5. The predicted octanol–water partition coefficient (Wildman–Crippen LogP) is 3.51. The van der Waals surface area contributed by atoms with Crippen molar-refractivity contribution in [3.8, 4) is 5.75 Å². The first-order valence-corrected chi connectivity index (χ1v) is 7.57. The lowest BCUT2D eigenvalue weighted by Gasteiger charge is -2.23. The summed E-state index contributed by atoms with van der Waals surface area (Å²) in [6.07, 6.45) is 3.04. The Morgan fingerprint density at radius 2 is 1.95 bits per heavy atom. The van der Waals surface area contributed by atoms with Crippen molar-refractivity contribution in [1.82, 2.24) is 5.32 Å². The van der Waals surface area contributed by atoms with Crippen LogP contribution < -0.4 is 10.1 Å². The Morgan fingerprint density at radius 1 is 1.25 bits per heavy atom. The van der Waals surface area contributed by atoms with Gasteiger partial charge in [0.2, 0.25) is 0 Å². The van der Waals surface area contributed by atoms with Crippen LogP contribution in [0.5, 0.6) is 5.75 Å². The highest BCUT2D eigenvalue weighted by Crippen LogP contribution is 2.31. The lowest BCUT2D eigenvalue weighted by atomic mass is 9.97. The number of hydrogen-bond acceptors (Lipinski definition) is 3. The molecular weight excluding hydrogens is 250 g/mol. The smallest absolute Gasteiger partial charge is 0.127 e. The summed E-state index contributed by atoms with van der Waals surface area (Å²) in [5.41, 5.74) is 3.09. The zero-order chi connectivity index (χ0) is 15.1. The number of nitrogens with one attached hydrogen (secondary N) is 1. The second-order valence-corrected chi connectivity index (χ2v) is 5.60. The van der Waals surface area contributed by atoms with Crippen LogP contribution in [0.25, 0.3) is 0 Å². The molecule has 0 aliphatic rings. The highest BCUT2D eigenvalue weighted by molar-refractivity contribution is 5.45. The molecule has 1 aromatic rings. The van der Waals surface area contributed by atoms with Crippen molar-refractivity contribution in [3.63, 3.8) is 0 Å². The SMILES string of the molecule is CCCCCNC(C)C(O)c1cc(C)cc(C)c1OC. The third kappa shape index (κ3) is 4.50. The molecule has 0 aliphatic carbocycles. The van der Waals surface area contributed by atoms with Crippen LogP contribution in [0.15, 0.2) is 12.1 Å². The molecule has 0 spiro atoms. The monoisotopic (exact) mass is 279 g/mol. The van der Waals surface area contributed by atoms with Crippen LogP contribution in [-0.4, -0.2) is 24.8 Å². The molecule has 2 atom stereocenters. The molecule has 114 valence electrons. The standard InChI is InChI=1S/C17H29NO2/c1-6-7-8-9-18-14(4)16(19)15-11-12(2)10-13(3)17(15)20-5/h10-11,14,16,18-19H,6-9H2,1-5H3. The van der Waals surface area contributed by atoms with Gasteiger partial charge in [0.05, 0.1) is 13.2 Å². The summed E-state index contributed by atoms with van der Waals surface area (Å²) in [4.78, 5) is 0. The fourth-order valence-corrected chi connectivity index (χ4v) is 2.57. The summed E-state index contributed by atoms with van der Waals surface area (Å²) in [5.74, 6) is 0.797. The minimum absolute atomic E-state index is 0.0157. The Bertz CT molecular complexity index is 418. The maximum Gasteiger partial charge on any atom is 0.127 e. The fraction of sp³-hybridized carbons (Fsp3) is 0.647. The number of aliphatic hydroxyl groups excluding tert-OH is 1. The molecule has 0 fully saturated rings. The van der Waals surface area contributed by atoms with Gasteiger partial charge in [-0.25, -0.2) is 0 Å². The van der Waals surface area contributed by atoms with E-state index in [9.17, 15) is 5.11 Å². The molecule has 1 aromatic carbocycles. The molecule has 0 amide bonds. The van der Waals surface area contributed by atoms with E-state index in [0.29, 0.717) is 0 Å². The van der Waals surface area contributed by atoms with Gasteiger partial charge in [0.1, 0.15) is 5.75 Å². The topological polar surface area (TPSA) is 41.5 Å². The molecule has 2 unspecified atom stereocenters. The first-order valence-electron chi connectivity index (χ1n) is 7.57. The summed E-state index contributed by atoms with van der Waals surface area (Å²) in [6, 6.07) is 4.11. The number of benzene rings is 1. The van der Waals surface area contributed by atoms with E-state index in [1.54, 1.807) is 7.11 Å². The van der Waals surface area contributed by atoms with Crippen LogP contribution in [0.3, 0.4) is 0 Å². The molecule has 0 heterocycles. The van der Waals surface area contributed by atoms with Crippen LogP contribution in [0.4, 0.5) is 0 Å². The third-order valence-corrected chi connectivity index (χ3v) is 3.69. The first kappa shape index (κ1) is 17.0. The van der Waals surface area contributed by atoms with Crippen LogP contribution in [0.2, 0.25) is 0 Å². The third-order valence-electron chi connectivity index (χ3n) is 3.69. The predicted molar refractivity (Wildman–Crippen MR) is 84.4 cm³/mol. The maximum absolute atomic E-state index is 10.6.